The van der Waals surface area contributed by atoms with Gasteiger partial charge in [-0.3, -0.25) is 14.3 Å². The smallest absolute Gasteiger partial charge is 0.394 e. The first-order valence-corrected chi connectivity index (χ1v) is 5.68. The predicted molar refractivity (Wildman–Crippen MR) is 59.3 cm³/mol. The summed E-state index contributed by atoms with van der Waals surface area (Å²) in [5.41, 5.74) is -5.68. The minimum atomic E-state index is -5.31. The standard InChI is InChI=1S/C10H11F3N2O6/c11-10(12,13)9(20)4(3-16)21-7(6(9)18)15-2-1-5(17)14-8(15)19/h1-2,4,6-7,16,18,20H,3H2,(H,14,17,19)/t4-,6+,7-,9-/m1/s1. The molecule has 0 aromatic carbocycles. The van der Waals surface area contributed by atoms with Crippen molar-refractivity contribution in [1.82, 2.24) is 9.55 Å². The van der Waals surface area contributed by atoms with E-state index < -0.39 is 48.1 Å². The van der Waals surface area contributed by atoms with Crippen LogP contribution in [-0.4, -0.2) is 55.5 Å². The van der Waals surface area contributed by atoms with E-state index in [-0.39, 0.29) is 0 Å². The van der Waals surface area contributed by atoms with Crippen molar-refractivity contribution >= 4 is 0 Å². The molecule has 2 heterocycles. The van der Waals surface area contributed by atoms with E-state index in [1.807, 2.05) is 0 Å². The van der Waals surface area contributed by atoms with E-state index in [1.54, 1.807) is 4.98 Å². The number of aromatic amines is 1. The Morgan fingerprint density at radius 3 is 2.48 bits per heavy atom. The first-order valence-electron chi connectivity index (χ1n) is 5.68. The Balaban J connectivity index is 2.50. The minimum Gasteiger partial charge on any atom is -0.394 e. The monoisotopic (exact) mass is 312 g/mol. The summed E-state index contributed by atoms with van der Waals surface area (Å²) in [6, 6.07) is 0.830. The van der Waals surface area contributed by atoms with Gasteiger partial charge in [0.05, 0.1) is 6.61 Å². The summed E-state index contributed by atoms with van der Waals surface area (Å²) in [5, 5.41) is 28.3. The van der Waals surface area contributed by atoms with Crippen LogP contribution >= 0.6 is 0 Å². The van der Waals surface area contributed by atoms with Gasteiger partial charge < -0.3 is 20.1 Å². The molecule has 0 aliphatic carbocycles. The van der Waals surface area contributed by atoms with Gasteiger partial charge in [-0.15, -0.1) is 0 Å². The quantitative estimate of drug-likeness (QED) is 0.504. The lowest BCUT2D eigenvalue weighted by Gasteiger charge is -2.31. The molecule has 118 valence electrons. The maximum Gasteiger partial charge on any atom is 0.422 e. The summed E-state index contributed by atoms with van der Waals surface area (Å²) in [6.07, 6.45) is -11.2. The molecule has 1 aliphatic rings. The van der Waals surface area contributed by atoms with Gasteiger partial charge in [-0.05, 0) is 0 Å². The molecular weight excluding hydrogens is 301 g/mol. The number of hydrogen-bond acceptors (Lipinski definition) is 6. The molecule has 0 saturated carbocycles. The van der Waals surface area contributed by atoms with Crippen molar-refractivity contribution in [3.05, 3.63) is 33.1 Å². The Hall–Kier alpha value is -1.69. The second-order valence-corrected chi connectivity index (χ2v) is 4.48. The van der Waals surface area contributed by atoms with Crippen molar-refractivity contribution in [2.24, 2.45) is 0 Å². The maximum absolute atomic E-state index is 12.9. The number of nitrogens with one attached hydrogen (secondary N) is 1. The zero-order valence-electron chi connectivity index (χ0n) is 10.2. The molecule has 0 unspecified atom stereocenters. The van der Waals surface area contributed by atoms with Crippen LogP contribution in [0.5, 0.6) is 0 Å². The van der Waals surface area contributed by atoms with Crippen LogP contribution in [0.1, 0.15) is 6.23 Å². The van der Waals surface area contributed by atoms with E-state index in [1.165, 1.54) is 0 Å². The lowest BCUT2D eigenvalue weighted by atomic mass is 9.91. The molecule has 4 atom stereocenters. The third kappa shape index (κ3) is 2.27. The maximum atomic E-state index is 12.9. The number of rotatable bonds is 2. The first-order chi connectivity index (χ1) is 9.62. The largest absolute Gasteiger partial charge is 0.422 e. The highest BCUT2D eigenvalue weighted by Crippen LogP contribution is 2.46. The van der Waals surface area contributed by atoms with Gasteiger partial charge in [-0.1, -0.05) is 0 Å². The van der Waals surface area contributed by atoms with E-state index in [4.69, 9.17) is 9.84 Å². The Labute approximate surface area is 114 Å². The molecular formula is C10H11F3N2O6. The molecule has 0 bridgehead atoms. The van der Waals surface area contributed by atoms with Crippen LogP contribution in [0.25, 0.3) is 0 Å². The van der Waals surface area contributed by atoms with Gasteiger partial charge in [0, 0.05) is 12.3 Å². The molecule has 0 amide bonds. The van der Waals surface area contributed by atoms with Gasteiger partial charge in [0.25, 0.3) is 5.56 Å². The fourth-order valence-corrected chi connectivity index (χ4v) is 2.13. The van der Waals surface area contributed by atoms with Gasteiger partial charge in [0.15, 0.2) is 6.23 Å². The van der Waals surface area contributed by atoms with Gasteiger partial charge in [0.1, 0.15) is 12.2 Å². The number of aromatic nitrogens is 2. The summed E-state index contributed by atoms with van der Waals surface area (Å²) >= 11 is 0. The van der Waals surface area contributed by atoms with Crippen molar-refractivity contribution in [3.8, 4) is 0 Å². The third-order valence-electron chi connectivity index (χ3n) is 3.26. The van der Waals surface area contributed by atoms with Crippen LogP contribution in [0.2, 0.25) is 0 Å². The molecule has 11 heteroatoms. The van der Waals surface area contributed by atoms with E-state index in [0.717, 1.165) is 12.3 Å². The number of halogens is 3. The zero-order valence-corrected chi connectivity index (χ0v) is 10.2. The Kier molecular flexibility index (Phi) is 3.70. The fraction of sp³-hybridized carbons (Fsp3) is 0.600. The molecule has 0 radical (unpaired) electrons. The molecule has 4 N–H and O–H groups in total. The van der Waals surface area contributed by atoms with Gasteiger partial charge in [0.2, 0.25) is 5.60 Å². The molecule has 8 nitrogen and oxygen atoms in total. The van der Waals surface area contributed by atoms with E-state index in [9.17, 15) is 33.0 Å². The van der Waals surface area contributed by atoms with Crippen molar-refractivity contribution in [2.45, 2.75) is 30.2 Å². The normalized spacial score (nSPS) is 33.3. The summed E-state index contributed by atoms with van der Waals surface area (Å²) in [7, 11) is 0. The highest BCUT2D eigenvalue weighted by atomic mass is 19.4. The number of hydrogen-bond donors (Lipinski definition) is 4. The summed E-state index contributed by atoms with van der Waals surface area (Å²) in [5.74, 6) is 0. The summed E-state index contributed by atoms with van der Waals surface area (Å²) in [4.78, 5) is 24.2. The highest BCUT2D eigenvalue weighted by Gasteiger charge is 2.70. The topological polar surface area (TPSA) is 125 Å². The molecule has 0 spiro atoms. The molecule has 2 rings (SSSR count). The molecule has 1 aliphatic heterocycles. The van der Waals surface area contributed by atoms with Gasteiger partial charge in [-0.2, -0.15) is 13.2 Å². The van der Waals surface area contributed by atoms with Crippen molar-refractivity contribution in [1.29, 1.82) is 0 Å². The second kappa shape index (κ2) is 4.94. The van der Waals surface area contributed by atoms with E-state index in [0.29, 0.717) is 4.57 Å². The number of aliphatic hydroxyl groups is 3. The number of alkyl halides is 3. The van der Waals surface area contributed by atoms with Crippen LogP contribution in [0.4, 0.5) is 13.2 Å². The zero-order chi connectivity index (χ0) is 16.0. The van der Waals surface area contributed by atoms with Crippen molar-refractivity contribution in [3.63, 3.8) is 0 Å². The van der Waals surface area contributed by atoms with Crippen molar-refractivity contribution < 1.29 is 33.2 Å². The van der Waals surface area contributed by atoms with Crippen LogP contribution in [0.3, 0.4) is 0 Å². The minimum absolute atomic E-state index is 0.485. The molecule has 1 fully saturated rings. The van der Waals surface area contributed by atoms with E-state index >= 15 is 0 Å². The lowest BCUT2D eigenvalue weighted by Crippen LogP contribution is -2.60. The number of ether oxygens (including phenoxy) is 1. The molecule has 1 aromatic heterocycles. The van der Waals surface area contributed by atoms with Gasteiger partial charge in [-0.25, -0.2) is 4.79 Å². The first kappa shape index (κ1) is 15.7. The Bertz CT molecular complexity index is 641. The Morgan fingerprint density at radius 2 is 2.05 bits per heavy atom. The van der Waals surface area contributed by atoms with Crippen LogP contribution in [-0.2, 0) is 4.74 Å². The predicted octanol–water partition coefficient (Wildman–Crippen LogP) is -1.92. The molecule has 21 heavy (non-hydrogen) atoms. The van der Waals surface area contributed by atoms with Crippen LogP contribution in [0.15, 0.2) is 21.9 Å². The van der Waals surface area contributed by atoms with E-state index in [2.05, 4.69) is 0 Å². The Morgan fingerprint density at radius 1 is 1.43 bits per heavy atom. The van der Waals surface area contributed by atoms with Crippen LogP contribution < -0.4 is 11.2 Å². The SMILES string of the molecule is O=c1ccn([C@@H]2O[C@H](CO)[C@](O)(C(F)(F)F)[C@H]2O)c(=O)[nH]1. The van der Waals surface area contributed by atoms with Crippen molar-refractivity contribution in [2.75, 3.05) is 6.61 Å². The summed E-state index contributed by atoms with van der Waals surface area (Å²) < 4.78 is 44.0. The van der Waals surface area contributed by atoms with Gasteiger partial charge >= 0.3 is 11.9 Å². The fourth-order valence-electron chi connectivity index (χ4n) is 2.13. The lowest BCUT2D eigenvalue weighted by molar-refractivity contribution is -0.296. The average Bonchev–Trinajstić information content (AvgIpc) is 2.63. The highest BCUT2D eigenvalue weighted by molar-refractivity contribution is 5.07. The number of nitrogens with zero attached hydrogens (tertiary/aromatic N) is 1. The molecule has 1 saturated heterocycles. The number of H-pyrrole nitrogens is 1. The molecule has 1 aromatic rings. The van der Waals surface area contributed by atoms with Crippen LogP contribution in [0, 0.1) is 0 Å². The average molecular weight is 312 g/mol. The second-order valence-electron chi connectivity index (χ2n) is 4.48. The number of aliphatic hydroxyl groups excluding tert-OH is 2. The summed E-state index contributed by atoms with van der Waals surface area (Å²) in [6.45, 7) is -1.23. The third-order valence-corrected chi connectivity index (χ3v) is 3.26.